The van der Waals surface area contributed by atoms with Crippen LogP contribution in [-0.4, -0.2) is 31.6 Å². The monoisotopic (exact) mass is 186 g/mol. The molecular formula is C9H14O4. The molecule has 0 radical (unpaired) electrons. The van der Waals surface area contributed by atoms with Gasteiger partial charge in [-0.05, 0) is 6.42 Å². The van der Waals surface area contributed by atoms with Crippen LogP contribution in [-0.2, 0) is 19.0 Å². The molecule has 13 heavy (non-hydrogen) atoms. The summed E-state index contributed by atoms with van der Waals surface area (Å²) in [6, 6.07) is 0. The largest absolute Gasteiger partial charge is 0.460 e. The molecule has 74 valence electrons. The first-order valence-corrected chi connectivity index (χ1v) is 4.32. The predicted octanol–water partition coefficient (Wildman–Crippen LogP) is 0.867. The topological polar surface area (TPSA) is 44.8 Å². The van der Waals surface area contributed by atoms with Gasteiger partial charge in [-0.15, -0.1) is 0 Å². The highest BCUT2D eigenvalue weighted by Gasteiger charge is 2.25. The van der Waals surface area contributed by atoms with Crippen LogP contribution in [0.5, 0.6) is 0 Å². The van der Waals surface area contributed by atoms with Gasteiger partial charge in [0.2, 0.25) is 0 Å². The number of hydrogen-bond acceptors (Lipinski definition) is 4. The average Bonchev–Trinajstić information content (AvgIpc) is 2.61. The Morgan fingerprint density at radius 3 is 3.08 bits per heavy atom. The average molecular weight is 186 g/mol. The van der Waals surface area contributed by atoms with Gasteiger partial charge >= 0.3 is 5.97 Å². The third-order valence-electron chi connectivity index (χ3n) is 1.72. The van der Waals surface area contributed by atoms with Crippen molar-refractivity contribution < 1.29 is 19.0 Å². The van der Waals surface area contributed by atoms with Crippen LogP contribution in [0.3, 0.4) is 0 Å². The van der Waals surface area contributed by atoms with Crippen LogP contribution in [0.25, 0.3) is 0 Å². The van der Waals surface area contributed by atoms with E-state index in [1.807, 2.05) is 6.92 Å². The van der Waals surface area contributed by atoms with Gasteiger partial charge in [0.05, 0.1) is 6.61 Å². The van der Waals surface area contributed by atoms with Crippen molar-refractivity contribution >= 4 is 5.97 Å². The van der Waals surface area contributed by atoms with Crippen LogP contribution in [0, 0.1) is 0 Å². The summed E-state index contributed by atoms with van der Waals surface area (Å²) >= 11 is 0. The van der Waals surface area contributed by atoms with Crippen molar-refractivity contribution in [1.29, 1.82) is 0 Å². The summed E-state index contributed by atoms with van der Waals surface area (Å²) < 4.78 is 15.4. The van der Waals surface area contributed by atoms with E-state index in [2.05, 4.69) is 6.58 Å². The van der Waals surface area contributed by atoms with Gasteiger partial charge < -0.3 is 14.2 Å². The number of ether oxygens (including phenoxy) is 3. The van der Waals surface area contributed by atoms with Crippen molar-refractivity contribution in [1.82, 2.24) is 0 Å². The highest BCUT2D eigenvalue weighted by atomic mass is 16.7. The Bertz CT molecular complexity index is 190. The molecule has 0 aromatic rings. The molecular weight excluding hydrogens is 172 g/mol. The first-order valence-electron chi connectivity index (χ1n) is 4.32. The van der Waals surface area contributed by atoms with Gasteiger partial charge in [0.15, 0.2) is 6.29 Å². The lowest BCUT2D eigenvalue weighted by Gasteiger charge is -2.09. The maximum Gasteiger partial charge on any atom is 0.330 e. The molecule has 1 heterocycles. The highest BCUT2D eigenvalue weighted by Crippen LogP contribution is 2.14. The maximum absolute atomic E-state index is 10.7. The van der Waals surface area contributed by atoms with E-state index in [-0.39, 0.29) is 19.0 Å². The van der Waals surface area contributed by atoms with Crippen LogP contribution in [0.2, 0.25) is 0 Å². The number of rotatable bonds is 4. The van der Waals surface area contributed by atoms with Gasteiger partial charge in [0.1, 0.15) is 12.7 Å². The zero-order valence-electron chi connectivity index (χ0n) is 7.69. The molecule has 1 aliphatic rings. The Morgan fingerprint density at radius 2 is 2.54 bits per heavy atom. The van der Waals surface area contributed by atoms with Crippen molar-refractivity contribution in [2.24, 2.45) is 0 Å². The fourth-order valence-corrected chi connectivity index (χ4v) is 1.04. The lowest BCUT2D eigenvalue weighted by Crippen LogP contribution is -2.20. The second-order valence-electron chi connectivity index (χ2n) is 2.76. The third kappa shape index (κ3) is 3.16. The summed E-state index contributed by atoms with van der Waals surface area (Å²) in [6.07, 6.45) is 1.67. The lowest BCUT2D eigenvalue weighted by atomic mass is 10.4. The molecule has 4 heteroatoms. The standard InChI is InChI=1S/C9H14O4/c1-3-8(10)11-5-7-6-12-9(4-2)13-7/h3,7,9H,1,4-6H2,2H3. The molecule has 2 atom stereocenters. The predicted molar refractivity (Wildman–Crippen MR) is 46.1 cm³/mol. The molecule has 0 aliphatic carbocycles. The van der Waals surface area contributed by atoms with E-state index in [0.29, 0.717) is 6.61 Å². The summed E-state index contributed by atoms with van der Waals surface area (Å²) in [5.74, 6) is -0.427. The Balaban J connectivity index is 2.17. The van der Waals surface area contributed by atoms with E-state index >= 15 is 0 Å². The molecule has 0 amide bonds. The summed E-state index contributed by atoms with van der Waals surface area (Å²) in [7, 11) is 0. The van der Waals surface area contributed by atoms with Crippen molar-refractivity contribution in [2.75, 3.05) is 13.2 Å². The number of carbonyl (C=O) groups excluding carboxylic acids is 1. The zero-order valence-corrected chi connectivity index (χ0v) is 7.69. The van der Waals surface area contributed by atoms with Gasteiger partial charge in [-0.2, -0.15) is 0 Å². The van der Waals surface area contributed by atoms with Crippen LogP contribution in [0.1, 0.15) is 13.3 Å². The minimum atomic E-state index is -0.427. The van der Waals surface area contributed by atoms with Crippen LogP contribution >= 0.6 is 0 Å². The first kappa shape index (κ1) is 10.2. The fourth-order valence-electron chi connectivity index (χ4n) is 1.04. The zero-order chi connectivity index (χ0) is 9.68. The molecule has 2 unspecified atom stereocenters. The molecule has 0 bridgehead atoms. The van der Waals surface area contributed by atoms with E-state index in [4.69, 9.17) is 14.2 Å². The Hall–Kier alpha value is -0.870. The van der Waals surface area contributed by atoms with Crippen molar-refractivity contribution in [3.05, 3.63) is 12.7 Å². The summed E-state index contributed by atoms with van der Waals surface area (Å²) in [5, 5.41) is 0. The SMILES string of the molecule is C=CC(=O)OCC1COC(CC)O1. The summed E-state index contributed by atoms with van der Waals surface area (Å²) in [4.78, 5) is 10.7. The molecule has 0 N–H and O–H groups in total. The smallest absolute Gasteiger partial charge is 0.330 e. The van der Waals surface area contributed by atoms with E-state index < -0.39 is 5.97 Å². The second kappa shape index (κ2) is 4.99. The normalized spacial score (nSPS) is 27.2. The molecule has 1 saturated heterocycles. The molecule has 1 fully saturated rings. The molecule has 1 rings (SSSR count). The highest BCUT2D eigenvalue weighted by molar-refractivity contribution is 5.81. The minimum Gasteiger partial charge on any atom is -0.460 e. The van der Waals surface area contributed by atoms with Gasteiger partial charge in [0.25, 0.3) is 0 Å². The molecule has 1 aliphatic heterocycles. The van der Waals surface area contributed by atoms with E-state index in [9.17, 15) is 4.79 Å². The summed E-state index contributed by atoms with van der Waals surface area (Å²) in [6.45, 7) is 5.99. The number of carbonyl (C=O) groups is 1. The molecule has 0 aromatic carbocycles. The Morgan fingerprint density at radius 1 is 1.77 bits per heavy atom. The molecule has 0 saturated carbocycles. The van der Waals surface area contributed by atoms with Crippen LogP contribution < -0.4 is 0 Å². The second-order valence-corrected chi connectivity index (χ2v) is 2.76. The van der Waals surface area contributed by atoms with Crippen LogP contribution in [0.4, 0.5) is 0 Å². The fraction of sp³-hybridized carbons (Fsp3) is 0.667. The van der Waals surface area contributed by atoms with Crippen LogP contribution in [0.15, 0.2) is 12.7 Å². The van der Waals surface area contributed by atoms with Crippen molar-refractivity contribution in [2.45, 2.75) is 25.7 Å². The van der Waals surface area contributed by atoms with Gasteiger partial charge in [-0.3, -0.25) is 0 Å². The molecule has 0 aromatic heterocycles. The van der Waals surface area contributed by atoms with E-state index in [0.717, 1.165) is 12.5 Å². The molecule has 4 nitrogen and oxygen atoms in total. The number of hydrogen-bond donors (Lipinski definition) is 0. The quantitative estimate of drug-likeness (QED) is 0.482. The first-order chi connectivity index (χ1) is 6.26. The van der Waals surface area contributed by atoms with Gasteiger partial charge in [-0.1, -0.05) is 13.5 Å². The maximum atomic E-state index is 10.7. The van der Waals surface area contributed by atoms with E-state index in [1.54, 1.807) is 0 Å². The van der Waals surface area contributed by atoms with Gasteiger partial charge in [-0.25, -0.2) is 4.79 Å². The molecule has 0 spiro atoms. The third-order valence-corrected chi connectivity index (χ3v) is 1.72. The number of esters is 1. The Labute approximate surface area is 77.5 Å². The van der Waals surface area contributed by atoms with Crippen molar-refractivity contribution in [3.8, 4) is 0 Å². The van der Waals surface area contributed by atoms with Crippen molar-refractivity contribution in [3.63, 3.8) is 0 Å². The minimum absolute atomic E-state index is 0.131. The lowest BCUT2D eigenvalue weighted by molar-refractivity contribution is -0.142. The summed E-state index contributed by atoms with van der Waals surface area (Å²) in [5.41, 5.74) is 0. The van der Waals surface area contributed by atoms with E-state index in [1.165, 1.54) is 0 Å². The Kier molecular flexibility index (Phi) is 3.92. The van der Waals surface area contributed by atoms with Gasteiger partial charge in [0, 0.05) is 6.08 Å².